The second-order valence-corrected chi connectivity index (χ2v) is 10.2. The molecule has 204 valence electrons. The molecule has 0 radical (unpaired) electrons. The van der Waals surface area contributed by atoms with Crippen LogP contribution in [0.1, 0.15) is 56.3 Å². The second-order valence-electron chi connectivity index (χ2n) is 10.2. The van der Waals surface area contributed by atoms with E-state index in [0.717, 1.165) is 19.6 Å². The van der Waals surface area contributed by atoms with Crippen LogP contribution in [0.3, 0.4) is 0 Å². The summed E-state index contributed by atoms with van der Waals surface area (Å²) in [5.74, 6) is -1.09. The molecule has 10 nitrogen and oxygen atoms in total. The molecule has 4 amide bonds. The van der Waals surface area contributed by atoms with Crippen LogP contribution in [0.4, 0.5) is 0 Å². The summed E-state index contributed by atoms with van der Waals surface area (Å²) >= 11 is 0. The molecule has 2 heterocycles. The van der Waals surface area contributed by atoms with Gasteiger partial charge in [0.15, 0.2) is 0 Å². The predicted molar refractivity (Wildman–Crippen MR) is 140 cm³/mol. The van der Waals surface area contributed by atoms with E-state index in [2.05, 4.69) is 20.9 Å². The second kappa shape index (κ2) is 14.0. The van der Waals surface area contributed by atoms with Crippen LogP contribution in [0.25, 0.3) is 0 Å². The minimum Gasteiger partial charge on any atom is -0.491 e. The largest absolute Gasteiger partial charge is 0.491 e. The van der Waals surface area contributed by atoms with Crippen LogP contribution in [0.2, 0.25) is 0 Å². The Morgan fingerprint density at radius 2 is 1.81 bits per heavy atom. The first-order chi connectivity index (χ1) is 17.8. The van der Waals surface area contributed by atoms with E-state index in [4.69, 9.17) is 4.74 Å². The third kappa shape index (κ3) is 8.45. The zero-order chi connectivity index (χ0) is 26.8. The van der Waals surface area contributed by atoms with Gasteiger partial charge in [0.05, 0.1) is 12.1 Å². The molecule has 0 aliphatic carbocycles. The number of nitrogens with one attached hydrogen (secondary N) is 3. The number of carbonyl (C=O) groups excluding carboxylic acids is 4. The minimum absolute atomic E-state index is 0.0111. The third-order valence-corrected chi connectivity index (χ3v) is 6.90. The predicted octanol–water partition coefficient (Wildman–Crippen LogP) is 1.16. The summed E-state index contributed by atoms with van der Waals surface area (Å²) in [6, 6.07) is 5.20. The van der Waals surface area contributed by atoms with Crippen LogP contribution in [-0.4, -0.2) is 91.9 Å². The van der Waals surface area contributed by atoms with Crippen molar-refractivity contribution in [2.75, 3.05) is 46.4 Å². The summed E-state index contributed by atoms with van der Waals surface area (Å²) in [4.78, 5) is 55.9. The molecule has 0 bridgehead atoms. The summed E-state index contributed by atoms with van der Waals surface area (Å²) in [5, 5.41) is 8.54. The van der Waals surface area contributed by atoms with Gasteiger partial charge in [-0.3, -0.25) is 19.2 Å². The maximum atomic E-state index is 13.2. The molecule has 0 aromatic heterocycles. The highest BCUT2D eigenvalue weighted by Gasteiger charge is 2.29. The van der Waals surface area contributed by atoms with E-state index in [1.54, 1.807) is 31.3 Å². The highest BCUT2D eigenvalue weighted by atomic mass is 16.5. The molecule has 2 aliphatic rings. The lowest BCUT2D eigenvalue weighted by Gasteiger charge is -2.27. The number of nitrogens with zero attached hydrogens (tertiary/aromatic N) is 2. The summed E-state index contributed by atoms with van der Waals surface area (Å²) < 4.78 is 5.85. The fraction of sp³-hybridized carbons (Fsp3) is 0.630. The number of ether oxygens (including phenoxy) is 1. The SMILES string of the molecule is CC(C)[C@@H]1NC(=O)CC[C@@H](C(=O)NCCN2CCCCC2)NC(=O)c2ccccc2OCCN(C)C1=O. The first kappa shape index (κ1) is 28.4. The maximum absolute atomic E-state index is 13.2. The van der Waals surface area contributed by atoms with Crippen molar-refractivity contribution < 1.29 is 23.9 Å². The van der Waals surface area contributed by atoms with Crippen LogP contribution in [0.5, 0.6) is 5.75 Å². The number of hydrogen-bond acceptors (Lipinski definition) is 6. The molecule has 1 saturated heterocycles. The lowest BCUT2D eigenvalue weighted by atomic mass is 10.0. The standard InChI is InChI=1S/C27H41N5O5/c1-19(2)24-27(36)31(3)17-18-37-22-10-6-5-9-20(22)25(34)29-21(11-12-23(33)30-24)26(35)28-13-16-32-14-7-4-8-15-32/h5-6,9-10,19,21,24H,4,7-8,11-18H2,1-3H3,(H,28,35)(H,29,34)(H,30,33)/t21-,24-/m0/s1. The topological polar surface area (TPSA) is 120 Å². The van der Waals surface area contributed by atoms with E-state index in [1.807, 2.05) is 13.8 Å². The number of likely N-dealkylation sites (N-methyl/N-ethyl adjacent to an activating group) is 1. The van der Waals surface area contributed by atoms with E-state index in [-0.39, 0.29) is 49.6 Å². The van der Waals surface area contributed by atoms with Crippen molar-refractivity contribution in [1.29, 1.82) is 0 Å². The van der Waals surface area contributed by atoms with Crippen molar-refractivity contribution in [2.24, 2.45) is 5.92 Å². The van der Waals surface area contributed by atoms with E-state index in [9.17, 15) is 19.2 Å². The molecule has 0 spiro atoms. The molecule has 10 heteroatoms. The Hall–Kier alpha value is -3.14. The minimum atomic E-state index is -0.909. The summed E-state index contributed by atoms with van der Waals surface area (Å²) in [7, 11) is 1.66. The molecule has 1 aromatic carbocycles. The number of rotatable bonds is 5. The monoisotopic (exact) mass is 515 g/mol. The highest BCUT2D eigenvalue weighted by molar-refractivity contribution is 5.99. The van der Waals surface area contributed by atoms with Crippen LogP contribution < -0.4 is 20.7 Å². The Balaban J connectivity index is 1.76. The van der Waals surface area contributed by atoms with Gasteiger partial charge in [0.25, 0.3) is 5.91 Å². The van der Waals surface area contributed by atoms with Gasteiger partial charge in [0, 0.05) is 26.6 Å². The number of amides is 4. The smallest absolute Gasteiger partial charge is 0.255 e. The van der Waals surface area contributed by atoms with E-state index in [1.165, 1.54) is 24.2 Å². The number of hydrogen-bond donors (Lipinski definition) is 3. The average Bonchev–Trinajstić information content (AvgIpc) is 2.89. The van der Waals surface area contributed by atoms with Gasteiger partial charge in [-0.15, -0.1) is 0 Å². The van der Waals surface area contributed by atoms with Crippen molar-refractivity contribution in [3.8, 4) is 5.75 Å². The Morgan fingerprint density at radius 1 is 1.08 bits per heavy atom. The Bertz CT molecular complexity index is 947. The fourth-order valence-electron chi connectivity index (χ4n) is 4.60. The first-order valence-corrected chi connectivity index (χ1v) is 13.3. The molecule has 3 N–H and O–H groups in total. The van der Waals surface area contributed by atoms with E-state index in [0.29, 0.717) is 17.9 Å². The van der Waals surface area contributed by atoms with Crippen LogP contribution in [0.15, 0.2) is 24.3 Å². The molecule has 3 rings (SSSR count). The maximum Gasteiger partial charge on any atom is 0.255 e. The third-order valence-electron chi connectivity index (χ3n) is 6.90. The van der Waals surface area contributed by atoms with Crippen LogP contribution in [0, 0.1) is 5.92 Å². The molecule has 37 heavy (non-hydrogen) atoms. The van der Waals surface area contributed by atoms with Gasteiger partial charge in [0.1, 0.15) is 24.4 Å². The lowest BCUT2D eigenvalue weighted by molar-refractivity contribution is -0.137. The van der Waals surface area contributed by atoms with Crippen LogP contribution in [-0.2, 0) is 14.4 Å². The van der Waals surface area contributed by atoms with Gasteiger partial charge in [-0.25, -0.2) is 0 Å². The molecule has 0 unspecified atom stereocenters. The van der Waals surface area contributed by atoms with Crippen molar-refractivity contribution >= 4 is 23.6 Å². The highest BCUT2D eigenvalue weighted by Crippen LogP contribution is 2.19. The molecular formula is C27H41N5O5. The van der Waals surface area contributed by atoms with Gasteiger partial charge < -0.3 is 30.5 Å². The van der Waals surface area contributed by atoms with Crippen LogP contribution >= 0.6 is 0 Å². The molecule has 1 fully saturated rings. The number of likely N-dealkylation sites (tertiary alicyclic amines) is 1. The number of para-hydroxylation sites is 1. The Morgan fingerprint density at radius 3 is 2.54 bits per heavy atom. The Labute approximate surface area is 219 Å². The zero-order valence-electron chi connectivity index (χ0n) is 22.3. The fourth-order valence-corrected chi connectivity index (χ4v) is 4.60. The number of piperidine rings is 1. The van der Waals surface area contributed by atoms with Gasteiger partial charge in [-0.2, -0.15) is 0 Å². The number of carbonyl (C=O) groups is 4. The zero-order valence-corrected chi connectivity index (χ0v) is 22.3. The summed E-state index contributed by atoms with van der Waals surface area (Å²) in [5.41, 5.74) is 0.293. The molecule has 0 saturated carbocycles. The average molecular weight is 516 g/mol. The van der Waals surface area contributed by atoms with Crippen molar-refractivity contribution in [3.63, 3.8) is 0 Å². The van der Waals surface area contributed by atoms with E-state index >= 15 is 0 Å². The molecular weight excluding hydrogens is 474 g/mol. The molecule has 2 atom stereocenters. The van der Waals surface area contributed by atoms with Gasteiger partial charge >= 0.3 is 0 Å². The molecule has 1 aromatic rings. The van der Waals surface area contributed by atoms with E-state index < -0.39 is 18.0 Å². The summed E-state index contributed by atoms with van der Waals surface area (Å²) in [6.07, 6.45) is 3.66. The van der Waals surface area contributed by atoms with Crippen molar-refractivity contribution in [1.82, 2.24) is 25.8 Å². The van der Waals surface area contributed by atoms with Gasteiger partial charge in [0.2, 0.25) is 17.7 Å². The van der Waals surface area contributed by atoms with Gasteiger partial charge in [-0.05, 0) is 50.4 Å². The van der Waals surface area contributed by atoms with Crippen molar-refractivity contribution in [2.45, 2.75) is 58.0 Å². The lowest BCUT2D eigenvalue weighted by Crippen LogP contribution is -2.51. The normalized spacial score (nSPS) is 22.7. The van der Waals surface area contributed by atoms with Gasteiger partial charge in [-0.1, -0.05) is 32.4 Å². The first-order valence-electron chi connectivity index (χ1n) is 13.3. The number of fused-ring (bicyclic) bond motifs is 1. The molecule has 2 aliphatic heterocycles. The Kier molecular flexibility index (Phi) is 10.7. The summed E-state index contributed by atoms with van der Waals surface area (Å²) in [6.45, 7) is 7.47. The quantitative estimate of drug-likeness (QED) is 0.541. The van der Waals surface area contributed by atoms with Crippen molar-refractivity contribution in [3.05, 3.63) is 29.8 Å². The number of benzene rings is 1.